The summed E-state index contributed by atoms with van der Waals surface area (Å²) < 4.78 is 16.9. The highest BCUT2D eigenvalue weighted by molar-refractivity contribution is 6.15. The normalized spacial score (nSPS) is 15.9. The highest BCUT2D eigenvalue weighted by Crippen LogP contribution is 2.45. The fourth-order valence-electron chi connectivity index (χ4n) is 4.88. The zero-order valence-electron chi connectivity index (χ0n) is 21.1. The monoisotopic (exact) mass is 492 g/mol. The van der Waals surface area contributed by atoms with Crippen molar-refractivity contribution in [1.29, 1.82) is 0 Å². The second-order valence-electron chi connectivity index (χ2n) is 8.76. The molecule has 1 unspecified atom stereocenters. The van der Waals surface area contributed by atoms with Crippen molar-refractivity contribution >= 4 is 22.7 Å². The summed E-state index contributed by atoms with van der Waals surface area (Å²) in [5.74, 6) is -1.26. The number of fused-ring (bicyclic) bond motifs is 1. The van der Waals surface area contributed by atoms with Crippen molar-refractivity contribution in [2.24, 2.45) is 0 Å². The van der Waals surface area contributed by atoms with E-state index in [0.29, 0.717) is 35.6 Å². The highest BCUT2D eigenvalue weighted by atomic mass is 16.5. The van der Waals surface area contributed by atoms with Gasteiger partial charge in [0.05, 0.1) is 39.9 Å². The number of carbonyl (C=O) groups excluding carboxylic acids is 2. The molecule has 1 aliphatic rings. The van der Waals surface area contributed by atoms with E-state index < -0.39 is 23.5 Å². The molecule has 1 aromatic heterocycles. The molecule has 0 saturated heterocycles. The summed E-state index contributed by atoms with van der Waals surface area (Å²) in [5, 5.41) is 14.1. The lowest BCUT2D eigenvalue weighted by atomic mass is 9.94. The number of methoxy groups -OCH3 is 2. The molecule has 0 bridgehead atoms. The van der Waals surface area contributed by atoms with Gasteiger partial charge in [0.2, 0.25) is 11.7 Å². The smallest absolute Gasteiger partial charge is 0.239 e. The van der Waals surface area contributed by atoms with Crippen LogP contribution in [0.5, 0.6) is 11.5 Å². The topological polar surface area (TPSA) is 96.5 Å². The minimum absolute atomic E-state index is 0.0219. The summed E-state index contributed by atoms with van der Waals surface area (Å²) >= 11 is 0. The molecule has 2 heterocycles. The largest absolute Gasteiger partial charge is 0.868 e. The lowest BCUT2D eigenvalue weighted by Gasteiger charge is -2.29. The Morgan fingerprint density at radius 3 is 2.50 bits per heavy atom. The van der Waals surface area contributed by atoms with Gasteiger partial charge in [0.15, 0.2) is 17.3 Å². The quantitative estimate of drug-likeness (QED) is 0.412. The van der Waals surface area contributed by atoms with E-state index in [0.717, 1.165) is 25.0 Å². The van der Waals surface area contributed by atoms with Gasteiger partial charge in [-0.05, 0) is 37.8 Å². The average molecular weight is 493 g/mol. The first kappa shape index (κ1) is 25.3. The maximum atomic E-state index is 13.7. The van der Waals surface area contributed by atoms with Crippen LogP contribution in [0.3, 0.4) is 0 Å². The zero-order chi connectivity index (χ0) is 25.8. The highest BCUT2D eigenvalue weighted by Gasteiger charge is 2.42. The lowest BCUT2D eigenvalue weighted by Crippen LogP contribution is -3.11. The van der Waals surface area contributed by atoms with Gasteiger partial charge in [-0.15, -0.1) is 0 Å². The summed E-state index contributed by atoms with van der Waals surface area (Å²) in [5.41, 5.74) is 0.916. The van der Waals surface area contributed by atoms with E-state index in [-0.39, 0.29) is 11.3 Å². The van der Waals surface area contributed by atoms with Gasteiger partial charge < -0.3 is 28.8 Å². The van der Waals surface area contributed by atoms with E-state index in [2.05, 4.69) is 13.8 Å². The summed E-state index contributed by atoms with van der Waals surface area (Å²) in [6.07, 6.45) is 0.685. The average Bonchev–Trinajstić information content (AvgIpc) is 3.45. The van der Waals surface area contributed by atoms with E-state index >= 15 is 0 Å². The van der Waals surface area contributed by atoms with Gasteiger partial charge in [-0.2, -0.15) is 0 Å². The van der Waals surface area contributed by atoms with Crippen LogP contribution in [-0.2, 0) is 4.79 Å². The summed E-state index contributed by atoms with van der Waals surface area (Å²) in [6, 6.07) is 13.2. The Hall–Kier alpha value is -3.78. The van der Waals surface area contributed by atoms with E-state index in [9.17, 15) is 14.7 Å². The van der Waals surface area contributed by atoms with E-state index in [4.69, 9.17) is 13.9 Å². The van der Waals surface area contributed by atoms with E-state index in [1.165, 1.54) is 24.0 Å². The molecule has 1 amide bonds. The third kappa shape index (κ3) is 4.56. The molecule has 8 heteroatoms. The number of benzene rings is 2. The lowest BCUT2D eigenvalue weighted by molar-refractivity contribution is -0.896. The number of nitrogens with one attached hydrogen (secondary N) is 1. The second kappa shape index (κ2) is 10.9. The number of hydrogen-bond acceptors (Lipinski definition) is 6. The van der Waals surface area contributed by atoms with Crippen molar-refractivity contribution in [3.63, 3.8) is 0 Å². The van der Waals surface area contributed by atoms with Gasteiger partial charge in [-0.1, -0.05) is 30.3 Å². The molecule has 1 N–H and O–H groups in total. The van der Waals surface area contributed by atoms with Crippen molar-refractivity contribution in [3.8, 4) is 11.5 Å². The predicted octanol–water partition coefficient (Wildman–Crippen LogP) is 2.15. The predicted molar refractivity (Wildman–Crippen MR) is 133 cm³/mol. The number of quaternary nitrogens is 1. The van der Waals surface area contributed by atoms with Gasteiger partial charge >= 0.3 is 0 Å². The fourth-order valence-corrected chi connectivity index (χ4v) is 4.88. The Kier molecular flexibility index (Phi) is 7.64. The third-order valence-electron chi connectivity index (χ3n) is 6.84. The molecule has 4 rings (SSSR count). The number of ether oxygens (including phenoxy) is 2. The fraction of sp³-hybridized carbons (Fsp3) is 0.357. The molecule has 1 aliphatic heterocycles. The molecule has 3 aromatic rings. The number of amides is 1. The Bertz CT molecular complexity index is 1260. The number of furan rings is 1. The van der Waals surface area contributed by atoms with Crippen LogP contribution in [0.4, 0.5) is 0 Å². The molecule has 190 valence electrons. The van der Waals surface area contributed by atoms with Gasteiger partial charge in [-0.25, -0.2) is 0 Å². The van der Waals surface area contributed by atoms with Gasteiger partial charge in [-0.3, -0.25) is 9.59 Å². The van der Waals surface area contributed by atoms with Crippen LogP contribution >= 0.6 is 0 Å². The van der Waals surface area contributed by atoms with Crippen LogP contribution in [-0.4, -0.2) is 57.0 Å². The number of hydrogen-bond donors (Lipinski definition) is 1. The van der Waals surface area contributed by atoms with Gasteiger partial charge in [0.1, 0.15) is 5.58 Å². The molecular weight excluding hydrogens is 460 g/mol. The maximum absolute atomic E-state index is 13.7. The SMILES string of the molecule is CC[NH+](CC)CCCN1C(=O)C([O-])=C(C(=O)c2cc3ccccc3o2)C1c1cccc(OC)c1OC. The molecule has 0 radical (unpaired) electrons. The number of para-hydroxylation sites is 2. The van der Waals surface area contributed by atoms with Crippen molar-refractivity contribution in [1.82, 2.24) is 4.90 Å². The summed E-state index contributed by atoms with van der Waals surface area (Å²) in [4.78, 5) is 29.9. The molecular formula is C28H32N2O6. The minimum atomic E-state index is -0.914. The molecule has 2 aromatic carbocycles. The third-order valence-corrected chi connectivity index (χ3v) is 6.84. The number of Topliss-reactive ketones (excluding diaryl/α,β-unsaturated/α-hetero) is 1. The van der Waals surface area contributed by atoms with Crippen molar-refractivity contribution < 1.29 is 33.5 Å². The number of rotatable bonds is 11. The van der Waals surface area contributed by atoms with Crippen LogP contribution in [0.2, 0.25) is 0 Å². The summed E-state index contributed by atoms with van der Waals surface area (Å²) in [7, 11) is 3.01. The number of nitrogens with zero attached hydrogens (tertiary/aromatic N) is 1. The minimum Gasteiger partial charge on any atom is -0.868 e. The van der Waals surface area contributed by atoms with E-state index in [1.54, 1.807) is 36.4 Å². The molecule has 36 heavy (non-hydrogen) atoms. The maximum Gasteiger partial charge on any atom is 0.239 e. The Morgan fingerprint density at radius 2 is 1.83 bits per heavy atom. The molecule has 0 saturated carbocycles. The van der Waals surface area contributed by atoms with Gasteiger partial charge in [0.25, 0.3) is 0 Å². The number of ketones is 1. The van der Waals surface area contributed by atoms with Gasteiger partial charge in [0, 0.05) is 29.5 Å². The van der Waals surface area contributed by atoms with Crippen LogP contribution in [0.25, 0.3) is 11.0 Å². The molecule has 0 spiro atoms. The molecule has 0 aliphatic carbocycles. The second-order valence-corrected chi connectivity index (χ2v) is 8.76. The molecule has 8 nitrogen and oxygen atoms in total. The Morgan fingerprint density at radius 1 is 1.08 bits per heavy atom. The van der Waals surface area contributed by atoms with Crippen molar-refractivity contribution in [2.75, 3.05) is 40.4 Å². The number of carbonyl (C=O) groups is 2. The first-order valence-electron chi connectivity index (χ1n) is 12.2. The van der Waals surface area contributed by atoms with E-state index in [1.807, 2.05) is 12.1 Å². The Labute approximate surface area is 210 Å². The standard InChI is InChI=1S/C28H32N2O6/c1-5-29(6-2)15-10-16-30-24(19-12-9-14-21(34-3)27(19)35-4)23(26(32)28(30)33)25(31)22-17-18-11-7-8-13-20(18)36-22/h7-9,11-14,17,24,32H,5-6,10,15-16H2,1-4H3. The first-order valence-corrected chi connectivity index (χ1v) is 12.2. The molecule has 1 atom stereocenters. The van der Waals surface area contributed by atoms with Crippen molar-refractivity contribution in [2.45, 2.75) is 26.3 Å². The first-order chi connectivity index (χ1) is 17.4. The summed E-state index contributed by atoms with van der Waals surface area (Å²) in [6.45, 7) is 7.35. The van der Waals surface area contributed by atoms with Crippen LogP contribution in [0, 0.1) is 0 Å². The van der Waals surface area contributed by atoms with Crippen LogP contribution in [0.1, 0.15) is 42.4 Å². The van der Waals surface area contributed by atoms with Crippen LogP contribution < -0.4 is 19.5 Å². The van der Waals surface area contributed by atoms with Crippen LogP contribution in [0.15, 0.2) is 64.3 Å². The molecule has 0 fully saturated rings. The Balaban J connectivity index is 1.78. The van der Waals surface area contributed by atoms with Crippen molar-refractivity contribution in [3.05, 3.63) is 71.2 Å². The zero-order valence-corrected chi connectivity index (χ0v) is 21.1.